The van der Waals surface area contributed by atoms with E-state index in [9.17, 15) is 18.0 Å². The van der Waals surface area contributed by atoms with Crippen LogP contribution >= 0.6 is 0 Å². The first-order chi connectivity index (χ1) is 13.9. The van der Waals surface area contributed by atoms with Gasteiger partial charge in [-0.15, -0.1) is 0 Å². The zero-order valence-corrected chi connectivity index (χ0v) is 15.5. The molecule has 0 atom stereocenters. The predicted octanol–water partition coefficient (Wildman–Crippen LogP) is 4.43. The maximum Gasteiger partial charge on any atom is 0.416 e. The maximum atomic E-state index is 12.7. The third-order valence-electron chi connectivity index (χ3n) is 4.18. The number of methoxy groups -OCH3 is 1. The number of carbonyl (C=O) groups is 1. The van der Waals surface area contributed by atoms with Crippen LogP contribution < -0.4 is 15.5 Å². The molecule has 0 aliphatic heterocycles. The fourth-order valence-corrected chi connectivity index (χ4v) is 2.78. The predicted molar refractivity (Wildman–Crippen MR) is 106 cm³/mol. The van der Waals surface area contributed by atoms with Gasteiger partial charge in [-0.1, -0.05) is 36.4 Å². The summed E-state index contributed by atoms with van der Waals surface area (Å²) in [6.07, 6.45) is -2.97. The number of hydrogen-bond acceptors (Lipinski definition) is 4. The topological polar surface area (TPSA) is 62.7 Å². The number of hydrogen-bond donors (Lipinski definition) is 2. The quantitative estimate of drug-likeness (QED) is 0.475. The number of fused-ring (bicyclic) bond motifs is 1. The van der Waals surface area contributed by atoms with Crippen molar-refractivity contribution in [3.05, 3.63) is 71.8 Å². The highest BCUT2D eigenvalue weighted by Gasteiger charge is 2.30. The molecule has 0 radical (unpaired) electrons. The van der Waals surface area contributed by atoms with Crippen molar-refractivity contribution in [2.24, 2.45) is 5.10 Å². The van der Waals surface area contributed by atoms with Gasteiger partial charge < -0.3 is 10.1 Å². The SMILES string of the molecule is COc1ccc2ccccc2c1C=NNC(=O)CNc1cccc(C(F)(F)F)c1. The first-order valence-corrected chi connectivity index (χ1v) is 8.67. The minimum atomic E-state index is -4.44. The van der Waals surface area contributed by atoms with Gasteiger partial charge in [0, 0.05) is 11.3 Å². The van der Waals surface area contributed by atoms with E-state index in [1.807, 2.05) is 30.3 Å². The highest BCUT2D eigenvalue weighted by Crippen LogP contribution is 2.30. The Balaban J connectivity index is 1.64. The molecule has 0 aliphatic carbocycles. The number of amides is 1. The molecule has 3 rings (SSSR count). The van der Waals surface area contributed by atoms with Crippen molar-refractivity contribution in [3.8, 4) is 5.75 Å². The van der Waals surface area contributed by atoms with E-state index in [1.165, 1.54) is 18.3 Å². The molecule has 3 aromatic rings. The van der Waals surface area contributed by atoms with Crippen LogP contribution in [0.1, 0.15) is 11.1 Å². The lowest BCUT2D eigenvalue weighted by molar-refractivity contribution is -0.137. The van der Waals surface area contributed by atoms with Crippen molar-refractivity contribution in [3.63, 3.8) is 0 Å². The van der Waals surface area contributed by atoms with Crippen LogP contribution in [0, 0.1) is 0 Å². The monoisotopic (exact) mass is 401 g/mol. The molecule has 0 aromatic heterocycles. The largest absolute Gasteiger partial charge is 0.496 e. The number of carbonyl (C=O) groups excluding carboxylic acids is 1. The van der Waals surface area contributed by atoms with Gasteiger partial charge in [0.1, 0.15) is 5.75 Å². The molecular formula is C21H18F3N3O2. The molecule has 0 aliphatic rings. The van der Waals surface area contributed by atoms with Crippen LogP contribution in [0.25, 0.3) is 10.8 Å². The number of nitrogens with one attached hydrogen (secondary N) is 2. The van der Waals surface area contributed by atoms with Gasteiger partial charge in [0.2, 0.25) is 0 Å². The standard InChI is InChI=1S/C21H18F3N3O2/c1-29-19-10-9-14-5-2-3-8-17(14)18(19)12-26-27-20(28)13-25-16-7-4-6-15(11-16)21(22,23)24/h2-12,25H,13H2,1H3,(H,27,28). The maximum absolute atomic E-state index is 12.7. The molecule has 5 nitrogen and oxygen atoms in total. The first-order valence-electron chi connectivity index (χ1n) is 8.67. The highest BCUT2D eigenvalue weighted by atomic mass is 19.4. The molecule has 0 spiro atoms. The Labute approximate surface area is 165 Å². The van der Waals surface area contributed by atoms with E-state index >= 15 is 0 Å². The second-order valence-corrected chi connectivity index (χ2v) is 6.13. The van der Waals surface area contributed by atoms with Gasteiger partial charge in [-0.05, 0) is 35.0 Å². The first kappa shape index (κ1) is 20.2. The van der Waals surface area contributed by atoms with Crippen molar-refractivity contribution < 1.29 is 22.7 Å². The number of rotatable bonds is 6. The van der Waals surface area contributed by atoms with E-state index in [0.29, 0.717) is 11.3 Å². The van der Waals surface area contributed by atoms with Crippen molar-refractivity contribution in [2.45, 2.75) is 6.18 Å². The number of halogens is 3. The van der Waals surface area contributed by atoms with E-state index in [1.54, 1.807) is 13.2 Å². The zero-order valence-electron chi connectivity index (χ0n) is 15.5. The van der Waals surface area contributed by atoms with E-state index in [0.717, 1.165) is 22.9 Å². The molecule has 0 saturated carbocycles. The molecule has 2 N–H and O–H groups in total. The molecule has 3 aromatic carbocycles. The second kappa shape index (κ2) is 8.64. The molecule has 0 heterocycles. The van der Waals surface area contributed by atoms with E-state index in [2.05, 4.69) is 15.8 Å². The molecule has 0 saturated heterocycles. The Morgan fingerprint density at radius 3 is 2.66 bits per heavy atom. The summed E-state index contributed by atoms with van der Waals surface area (Å²) in [5.74, 6) is 0.0988. The van der Waals surface area contributed by atoms with Crippen LogP contribution in [0.3, 0.4) is 0 Å². The number of ether oxygens (including phenoxy) is 1. The zero-order chi connectivity index (χ0) is 20.9. The van der Waals surface area contributed by atoms with Crippen molar-refractivity contribution in [1.82, 2.24) is 5.43 Å². The summed E-state index contributed by atoms with van der Waals surface area (Å²) < 4.78 is 43.5. The number of nitrogens with zero attached hydrogens (tertiary/aromatic N) is 1. The van der Waals surface area contributed by atoms with E-state index in [4.69, 9.17) is 4.74 Å². The van der Waals surface area contributed by atoms with E-state index < -0.39 is 17.6 Å². The van der Waals surface area contributed by atoms with Gasteiger partial charge in [0.05, 0.1) is 25.4 Å². The second-order valence-electron chi connectivity index (χ2n) is 6.13. The van der Waals surface area contributed by atoms with Crippen LogP contribution in [0.4, 0.5) is 18.9 Å². The Kier molecular flexibility index (Phi) is 6.01. The van der Waals surface area contributed by atoms with Crippen LogP contribution in [0.2, 0.25) is 0 Å². The van der Waals surface area contributed by atoms with E-state index in [-0.39, 0.29) is 12.2 Å². The summed E-state index contributed by atoms with van der Waals surface area (Å²) in [6.45, 7) is -0.231. The Bertz CT molecular complexity index is 1050. The fraction of sp³-hybridized carbons (Fsp3) is 0.143. The van der Waals surface area contributed by atoms with Gasteiger partial charge >= 0.3 is 6.18 Å². The number of benzene rings is 3. The van der Waals surface area contributed by atoms with Gasteiger partial charge in [-0.25, -0.2) is 5.43 Å². The Morgan fingerprint density at radius 2 is 1.90 bits per heavy atom. The van der Waals surface area contributed by atoms with Crippen LogP contribution in [-0.4, -0.2) is 25.8 Å². The summed E-state index contributed by atoms with van der Waals surface area (Å²) in [5.41, 5.74) is 2.46. The minimum Gasteiger partial charge on any atom is -0.496 e. The minimum absolute atomic E-state index is 0.190. The number of anilines is 1. The molecule has 0 fully saturated rings. The fourth-order valence-electron chi connectivity index (χ4n) is 2.78. The molecular weight excluding hydrogens is 383 g/mol. The van der Waals surface area contributed by atoms with Gasteiger partial charge in [0.25, 0.3) is 5.91 Å². The van der Waals surface area contributed by atoms with Crippen LogP contribution in [-0.2, 0) is 11.0 Å². The summed E-state index contributed by atoms with van der Waals surface area (Å²) >= 11 is 0. The third kappa shape index (κ3) is 5.04. The number of hydrazone groups is 1. The summed E-state index contributed by atoms with van der Waals surface area (Å²) in [4.78, 5) is 12.0. The highest BCUT2D eigenvalue weighted by molar-refractivity contribution is 6.02. The molecule has 0 bridgehead atoms. The lowest BCUT2D eigenvalue weighted by Gasteiger charge is -2.10. The summed E-state index contributed by atoms with van der Waals surface area (Å²) in [7, 11) is 1.54. The summed E-state index contributed by atoms with van der Waals surface area (Å²) in [5, 5.41) is 8.49. The van der Waals surface area contributed by atoms with Gasteiger partial charge in [-0.2, -0.15) is 18.3 Å². The average Bonchev–Trinajstić information content (AvgIpc) is 2.72. The van der Waals surface area contributed by atoms with Crippen molar-refractivity contribution in [1.29, 1.82) is 0 Å². The molecule has 8 heteroatoms. The average molecular weight is 401 g/mol. The summed E-state index contributed by atoms with van der Waals surface area (Å²) in [6, 6.07) is 16.0. The van der Waals surface area contributed by atoms with Crippen molar-refractivity contribution in [2.75, 3.05) is 19.0 Å². The molecule has 1 amide bonds. The lowest BCUT2D eigenvalue weighted by Crippen LogP contribution is -2.26. The normalized spacial score (nSPS) is 11.6. The van der Waals surface area contributed by atoms with Gasteiger partial charge in [-0.3, -0.25) is 4.79 Å². The molecule has 0 unspecified atom stereocenters. The van der Waals surface area contributed by atoms with Crippen molar-refractivity contribution >= 4 is 28.6 Å². The Hall–Kier alpha value is -3.55. The lowest BCUT2D eigenvalue weighted by atomic mass is 10.0. The molecule has 29 heavy (non-hydrogen) atoms. The molecule has 150 valence electrons. The number of alkyl halides is 3. The third-order valence-corrected chi connectivity index (χ3v) is 4.18. The smallest absolute Gasteiger partial charge is 0.416 e. The van der Waals surface area contributed by atoms with Crippen LogP contribution in [0.15, 0.2) is 65.8 Å². The van der Waals surface area contributed by atoms with Gasteiger partial charge in [0.15, 0.2) is 0 Å². The van der Waals surface area contributed by atoms with Crippen LogP contribution in [0.5, 0.6) is 5.75 Å². The Morgan fingerprint density at radius 1 is 1.10 bits per heavy atom.